The third-order valence-electron chi connectivity index (χ3n) is 5.34. The van der Waals surface area contributed by atoms with Crippen LogP contribution in [0.25, 0.3) is 0 Å². The molecule has 1 unspecified atom stereocenters. The summed E-state index contributed by atoms with van der Waals surface area (Å²) >= 11 is 0. The van der Waals surface area contributed by atoms with Crippen LogP contribution in [0.1, 0.15) is 16.9 Å². The molecule has 1 saturated heterocycles. The Hall–Kier alpha value is -3.41. The number of urea groups is 1. The molecule has 0 spiro atoms. The van der Waals surface area contributed by atoms with E-state index in [0.717, 1.165) is 7.11 Å². The molecular formula is C20H21F3N6O3. The second-order valence-corrected chi connectivity index (χ2v) is 7.47. The fraction of sp³-hybridized carbons (Fsp3) is 0.400. The normalized spacial score (nSPS) is 18.2. The number of halogens is 3. The van der Waals surface area contributed by atoms with Crippen LogP contribution in [-0.2, 0) is 4.74 Å². The predicted molar refractivity (Wildman–Crippen MR) is 110 cm³/mol. The minimum Gasteiger partial charge on any atom is -0.382 e. The number of fused-ring (bicyclic) bond motifs is 4. The number of rotatable bonds is 5. The van der Waals surface area contributed by atoms with Crippen LogP contribution < -0.4 is 20.4 Å². The molecule has 170 valence electrons. The van der Waals surface area contributed by atoms with E-state index in [0.29, 0.717) is 31.0 Å². The van der Waals surface area contributed by atoms with Crippen molar-refractivity contribution in [2.24, 2.45) is 0 Å². The van der Waals surface area contributed by atoms with E-state index >= 15 is 0 Å². The van der Waals surface area contributed by atoms with Crippen LogP contribution >= 0.6 is 0 Å². The molecule has 0 aromatic carbocycles. The lowest BCUT2D eigenvalue weighted by Gasteiger charge is -2.35. The van der Waals surface area contributed by atoms with E-state index in [4.69, 9.17) is 0 Å². The summed E-state index contributed by atoms with van der Waals surface area (Å²) < 4.78 is 44.0. The molecule has 2 aromatic heterocycles. The lowest BCUT2D eigenvalue weighted by atomic mass is 10.1. The third kappa shape index (κ3) is 4.31. The summed E-state index contributed by atoms with van der Waals surface area (Å²) in [5, 5.41) is 4.61. The highest BCUT2D eigenvalue weighted by Gasteiger charge is 2.42. The number of aromatic nitrogens is 2. The predicted octanol–water partition coefficient (Wildman–Crippen LogP) is 2.41. The van der Waals surface area contributed by atoms with Gasteiger partial charge in [0.25, 0.3) is 5.91 Å². The maximum absolute atomic E-state index is 13.2. The number of methoxy groups -OCH3 is 1. The molecule has 4 heterocycles. The van der Waals surface area contributed by atoms with Crippen LogP contribution in [0.2, 0.25) is 0 Å². The molecule has 3 amide bonds. The highest BCUT2D eigenvalue weighted by atomic mass is 19.4. The number of alkyl halides is 3. The van der Waals surface area contributed by atoms with Crippen molar-refractivity contribution >= 4 is 29.3 Å². The summed E-state index contributed by atoms with van der Waals surface area (Å²) in [6.45, 7) is 0.566. The van der Waals surface area contributed by atoms with Crippen molar-refractivity contribution in [2.75, 3.05) is 41.9 Å². The number of anilines is 3. The van der Waals surface area contributed by atoms with Gasteiger partial charge in [-0.05, 0) is 30.7 Å². The smallest absolute Gasteiger partial charge is 0.382 e. The number of nitrogens with zero attached hydrogens (tertiary/aromatic N) is 4. The molecule has 12 heteroatoms. The molecule has 2 aliphatic rings. The average Bonchev–Trinajstić information content (AvgIpc) is 3.17. The zero-order valence-electron chi connectivity index (χ0n) is 17.1. The average molecular weight is 450 g/mol. The molecule has 0 aliphatic carbocycles. The summed E-state index contributed by atoms with van der Waals surface area (Å²) in [5.74, 6) is -0.443. The number of ether oxygens (including phenoxy) is 1. The van der Waals surface area contributed by atoms with Crippen molar-refractivity contribution in [2.45, 2.75) is 24.7 Å². The first-order valence-corrected chi connectivity index (χ1v) is 9.91. The first-order valence-electron chi connectivity index (χ1n) is 9.91. The summed E-state index contributed by atoms with van der Waals surface area (Å²) in [5.41, 5.74) is 0.406. The molecule has 9 nitrogen and oxygen atoms in total. The van der Waals surface area contributed by atoms with Gasteiger partial charge in [-0.2, -0.15) is 13.2 Å². The van der Waals surface area contributed by atoms with Gasteiger partial charge in [0.1, 0.15) is 17.6 Å². The van der Waals surface area contributed by atoms with Gasteiger partial charge in [-0.1, -0.05) is 6.07 Å². The van der Waals surface area contributed by atoms with Crippen LogP contribution in [-0.4, -0.2) is 67.0 Å². The number of nitrogens with one attached hydrogen (secondary N) is 2. The number of amides is 3. The summed E-state index contributed by atoms with van der Waals surface area (Å²) in [6.07, 6.45) is -2.45. The van der Waals surface area contributed by atoms with E-state index in [2.05, 4.69) is 20.0 Å². The van der Waals surface area contributed by atoms with Gasteiger partial charge >= 0.3 is 12.2 Å². The zero-order valence-corrected chi connectivity index (χ0v) is 17.1. The van der Waals surface area contributed by atoms with Crippen molar-refractivity contribution in [3.63, 3.8) is 0 Å². The first-order chi connectivity index (χ1) is 15.3. The first kappa shape index (κ1) is 21.8. The van der Waals surface area contributed by atoms with E-state index in [1.54, 1.807) is 24.3 Å². The minimum absolute atomic E-state index is 0.187. The SMILES string of the molecule is COCC(NC(=O)c1ccc2c(n1)N(C(=O)Nc1ccccn1)[C@H]1CCN2C1)C(F)(F)F. The number of hydrogen-bond acceptors (Lipinski definition) is 6. The molecule has 32 heavy (non-hydrogen) atoms. The lowest BCUT2D eigenvalue weighted by Crippen LogP contribution is -2.49. The van der Waals surface area contributed by atoms with E-state index in [1.165, 1.54) is 17.2 Å². The maximum Gasteiger partial charge on any atom is 0.410 e. The Morgan fingerprint density at radius 2 is 2.09 bits per heavy atom. The molecule has 0 saturated carbocycles. The Labute approximate surface area is 181 Å². The van der Waals surface area contributed by atoms with Crippen molar-refractivity contribution in [3.05, 3.63) is 42.2 Å². The van der Waals surface area contributed by atoms with Crippen molar-refractivity contribution in [1.29, 1.82) is 0 Å². The van der Waals surface area contributed by atoms with Gasteiger partial charge in [0, 0.05) is 26.4 Å². The Morgan fingerprint density at radius 3 is 2.78 bits per heavy atom. The van der Waals surface area contributed by atoms with Gasteiger partial charge in [0.15, 0.2) is 5.82 Å². The van der Waals surface area contributed by atoms with E-state index in [9.17, 15) is 22.8 Å². The Balaban J connectivity index is 1.62. The largest absolute Gasteiger partial charge is 0.410 e. The summed E-state index contributed by atoms with van der Waals surface area (Å²) in [6, 6.07) is 5.17. The van der Waals surface area contributed by atoms with Gasteiger partial charge in [-0.3, -0.25) is 15.0 Å². The van der Waals surface area contributed by atoms with Crippen LogP contribution in [0.4, 0.5) is 35.3 Å². The Morgan fingerprint density at radius 1 is 1.28 bits per heavy atom. The fourth-order valence-electron chi connectivity index (χ4n) is 3.82. The molecule has 2 aliphatic heterocycles. The second-order valence-electron chi connectivity index (χ2n) is 7.47. The van der Waals surface area contributed by atoms with Crippen molar-refractivity contribution in [1.82, 2.24) is 15.3 Å². The molecule has 0 radical (unpaired) electrons. The topological polar surface area (TPSA) is 99.7 Å². The molecule has 1 fully saturated rings. The van der Waals surface area contributed by atoms with Crippen molar-refractivity contribution < 1.29 is 27.5 Å². The number of hydrogen-bond donors (Lipinski definition) is 2. The number of pyridine rings is 2. The molecule has 2 bridgehead atoms. The standard InChI is InChI=1S/C20H21F3N6O3/c1-32-11-15(20(21,22)23)26-18(30)13-5-6-14-17(25-13)29(12-7-9-28(14)10-12)19(31)27-16-4-2-3-8-24-16/h2-6,8,12,15H,7,9-11H2,1H3,(H,26,30)(H,24,27,31)/t12-,15?/m0/s1. The van der Waals surface area contributed by atoms with E-state index < -0.39 is 30.8 Å². The lowest BCUT2D eigenvalue weighted by molar-refractivity contribution is -0.163. The summed E-state index contributed by atoms with van der Waals surface area (Å²) in [7, 11) is 1.12. The van der Waals surface area contributed by atoms with Crippen LogP contribution in [0.15, 0.2) is 36.5 Å². The highest BCUT2D eigenvalue weighted by Crippen LogP contribution is 2.39. The molecular weight excluding hydrogens is 429 g/mol. The van der Waals surface area contributed by atoms with E-state index in [1.807, 2.05) is 10.2 Å². The van der Waals surface area contributed by atoms with Gasteiger partial charge < -0.3 is 15.0 Å². The quantitative estimate of drug-likeness (QED) is 0.726. The van der Waals surface area contributed by atoms with Gasteiger partial charge in [0.05, 0.1) is 18.3 Å². The summed E-state index contributed by atoms with van der Waals surface area (Å²) in [4.78, 5) is 37.4. The highest BCUT2D eigenvalue weighted by molar-refractivity contribution is 6.05. The third-order valence-corrected chi connectivity index (χ3v) is 5.34. The fourth-order valence-corrected chi connectivity index (χ4v) is 3.82. The molecule has 2 N–H and O–H groups in total. The molecule has 4 rings (SSSR count). The van der Waals surface area contributed by atoms with E-state index in [-0.39, 0.29) is 17.6 Å². The van der Waals surface area contributed by atoms with Gasteiger partial charge in [-0.25, -0.2) is 14.8 Å². The molecule has 2 atom stereocenters. The van der Waals surface area contributed by atoms with Crippen LogP contribution in [0, 0.1) is 0 Å². The minimum atomic E-state index is -4.68. The monoisotopic (exact) mass is 450 g/mol. The van der Waals surface area contributed by atoms with Gasteiger partial charge in [-0.15, -0.1) is 0 Å². The van der Waals surface area contributed by atoms with Gasteiger partial charge in [0.2, 0.25) is 0 Å². The van der Waals surface area contributed by atoms with Crippen LogP contribution in [0.5, 0.6) is 0 Å². The Bertz CT molecular complexity index is 1000. The number of carbonyl (C=O) groups is 2. The van der Waals surface area contributed by atoms with Crippen molar-refractivity contribution in [3.8, 4) is 0 Å². The maximum atomic E-state index is 13.2. The number of carbonyl (C=O) groups excluding carboxylic acids is 2. The molecule has 2 aromatic rings. The zero-order chi connectivity index (χ0) is 22.9. The van der Waals surface area contributed by atoms with Crippen LogP contribution in [0.3, 0.4) is 0 Å². The second kappa shape index (κ2) is 8.61. The Kier molecular flexibility index (Phi) is 5.87.